The van der Waals surface area contributed by atoms with Gasteiger partial charge in [0.05, 0.1) is 19.4 Å². The van der Waals surface area contributed by atoms with E-state index in [0.29, 0.717) is 42.8 Å². The number of nitrogens with one attached hydrogen (secondary N) is 1. The predicted molar refractivity (Wildman–Crippen MR) is 106 cm³/mol. The summed E-state index contributed by atoms with van der Waals surface area (Å²) in [5.41, 5.74) is 4.20. The minimum absolute atomic E-state index is 0.253. The van der Waals surface area contributed by atoms with E-state index in [9.17, 15) is 4.79 Å². The third kappa shape index (κ3) is 8.11. The number of amides is 1. The molecule has 2 rings (SSSR count). The Labute approximate surface area is 164 Å². The molecular formula is C20H23ClN2O4. The van der Waals surface area contributed by atoms with Gasteiger partial charge in [-0.05, 0) is 37.3 Å². The summed E-state index contributed by atoms with van der Waals surface area (Å²) in [5.74, 6) is 1.18. The van der Waals surface area contributed by atoms with Gasteiger partial charge in [-0.25, -0.2) is 5.43 Å². The van der Waals surface area contributed by atoms with Crippen LogP contribution in [-0.4, -0.2) is 38.5 Å². The topological polar surface area (TPSA) is 69.2 Å². The highest BCUT2D eigenvalue weighted by molar-refractivity contribution is 6.30. The van der Waals surface area contributed by atoms with Crippen molar-refractivity contribution in [2.45, 2.75) is 13.8 Å². The Bertz CT molecular complexity index is 763. The molecule has 0 aliphatic heterocycles. The minimum Gasteiger partial charge on any atom is -0.491 e. The van der Waals surface area contributed by atoms with Crippen molar-refractivity contribution in [2.24, 2.45) is 5.10 Å². The lowest BCUT2D eigenvalue weighted by molar-refractivity contribution is -0.118. The van der Waals surface area contributed by atoms with Gasteiger partial charge in [-0.1, -0.05) is 29.3 Å². The maximum absolute atomic E-state index is 10.9. The summed E-state index contributed by atoms with van der Waals surface area (Å²) in [6, 6.07) is 13.1. The van der Waals surface area contributed by atoms with Gasteiger partial charge in [-0.2, -0.15) is 5.10 Å². The van der Waals surface area contributed by atoms with E-state index in [0.717, 1.165) is 5.75 Å². The first-order valence-corrected chi connectivity index (χ1v) is 8.91. The Morgan fingerprint density at radius 1 is 1.07 bits per heavy atom. The molecule has 0 radical (unpaired) electrons. The largest absolute Gasteiger partial charge is 0.491 e. The van der Waals surface area contributed by atoms with Crippen molar-refractivity contribution < 1.29 is 19.0 Å². The highest BCUT2D eigenvalue weighted by Crippen LogP contribution is 2.21. The number of carbonyl (C=O) groups excluding carboxylic acids is 1. The van der Waals surface area contributed by atoms with Crippen molar-refractivity contribution in [3.05, 3.63) is 58.6 Å². The molecular weight excluding hydrogens is 368 g/mol. The summed E-state index contributed by atoms with van der Waals surface area (Å²) in [7, 11) is 0. The molecule has 27 heavy (non-hydrogen) atoms. The summed E-state index contributed by atoms with van der Waals surface area (Å²) < 4.78 is 16.8. The van der Waals surface area contributed by atoms with Gasteiger partial charge >= 0.3 is 0 Å². The van der Waals surface area contributed by atoms with Crippen LogP contribution in [0.1, 0.15) is 18.1 Å². The lowest BCUT2D eigenvalue weighted by Crippen LogP contribution is -2.13. The summed E-state index contributed by atoms with van der Waals surface area (Å²) in [5, 5.41) is 4.39. The van der Waals surface area contributed by atoms with Gasteiger partial charge in [-0.15, -0.1) is 0 Å². The quantitative estimate of drug-likeness (QED) is 0.382. The van der Waals surface area contributed by atoms with Gasteiger partial charge in [0.1, 0.15) is 24.7 Å². The van der Waals surface area contributed by atoms with Gasteiger partial charge in [-0.3, -0.25) is 4.79 Å². The van der Waals surface area contributed by atoms with E-state index in [-0.39, 0.29) is 5.91 Å². The van der Waals surface area contributed by atoms with Crippen LogP contribution in [0, 0.1) is 6.92 Å². The summed E-state index contributed by atoms with van der Waals surface area (Å²) >= 11 is 5.99. The molecule has 0 atom stereocenters. The second-order valence-electron chi connectivity index (χ2n) is 5.73. The molecule has 0 aliphatic rings. The number of halogens is 1. The number of hydrazone groups is 1. The van der Waals surface area contributed by atoms with Crippen molar-refractivity contribution in [3.8, 4) is 11.5 Å². The van der Waals surface area contributed by atoms with Gasteiger partial charge in [0.25, 0.3) is 0 Å². The number of benzene rings is 2. The molecule has 2 aromatic carbocycles. The van der Waals surface area contributed by atoms with E-state index in [1.807, 2.05) is 31.2 Å². The lowest BCUT2D eigenvalue weighted by Gasteiger charge is -2.10. The molecule has 0 saturated heterocycles. The zero-order valence-corrected chi connectivity index (χ0v) is 16.2. The minimum atomic E-state index is -0.253. The van der Waals surface area contributed by atoms with Crippen LogP contribution in [0.2, 0.25) is 5.02 Å². The Hall–Kier alpha value is -2.57. The first-order chi connectivity index (χ1) is 13.0. The molecule has 0 unspecified atom stereocenters. The van der Waals surface area contributed by atoms with Gasteiger partial charge < -0.3 is 14.2 Å². The SMILES string of the molecule is CC(=O)NN=Cc1cc(Cl)ccc1OCCOCCOc1ccc(C)cc1. The lowest BCUT2D eigenvalue weighted by atomic mass is 10.2. The molecule has 0 aliphatic carbocycles. The zero-order valence-electron chi connectivity index (χ0n) is 15.4. The molecule has 6 nitrogen and oxygen atoms in total. The van der Waals surface area contributed by atoms with Crippen LogP contribution in [-0.2, 0) is 9.53 Å². The van der Waals surface area contributed by atoms with Crippen molar-refractivity contribution in [2.75, 3.05) is 26.4 Å². The Kier molecular flexibility index (Phi) is 8.61. The van der Waals surface area contributed by atoms with Crippen molar-refractivity contribution in [3.63, 3.8) is 0 Å². The number of aryl methyl sites for hydroxylation is 1. The number of ether oxygens (including phenoxy) is 3. The van der Waals surface area contributed by atoms with E-state index in [4.69, 9.17) is 25.8 Å². The normalized spacial score (nSPS) is 10.8. The highest BCUT2D eigenvalue weighted by atomic mass is 35.5. The van der Waals surface area contributed by atoms with Crippen LogP contribution in [0.25, 0.3) is 0 Å². The number of carbonyl (C=O) groups is 1. The molecule has 1 amide bonds. The molecule has 7 heteroatoms. The van der Waals surface area contributed by atoms with Crippen LogP contribution >= 0.6 is 11.6 Å². The van der Waals surface area contributed by atoms with Gasteiger partial charge in [0.15, 0.2) is 0 Å². The van der Waals surface area contributed by atoms with Crippen LogP contribution in [0.4, 0.5) is 0 Å². The number of nitrogens with zero attached hydrogens (tertiary/aromatic N) is 1. The van der Waals surface area contributed by atoms with Crippen LogP contribution in [0.5, 0.6) is 11.5 Å². The average molecular weight is 391 g/mol. The third-order valence-corrected chi connectivity index (χ3v) is 3.64. The monoisotopic (exact) mass is 390 g/mol. The predicted octanol–water partition coefficient (Wildman–Crippen LogP) is 3.59. The first kappa shape index (κ1) is 20.7. The Morgan fingerprint density at radius 2 is 1.78 bits per heavy atom. The smallest absolute Gasteiger partial charge is 0.236 e. The number of hydrogen-bond acceptors (Lipinski definition) is 5. The van der Waals surface area contributed by atoms with Crippen molar-refractivity contribution in [1.29, 1.82) is 0 Å². The Morgan fingerprint density at radius 3 is 2.48 bits per heavy atom. The first-order valence-electron chi connectivity index (χ1n) is 8.54. The zero-order chi connectivity index (χ0) is 19.5. The maximum Gasteiger partial charge on any atom is 0.236 e. The molecule has 0 saturated carbocycles. The molecule has 144 valence electrons. The van der Waals surface area contributed by atoms with E-state index in [1.165, 1.54) is 18.7 Å². The Balaban J connectivity index is 1.69. The summed E-state index contributed by atoms with van der Waals surface area (Å²) in [4.78, 5) is 10.9. The van der Waals surface area contributed by atoms with E-state index in [1.54, 1.807) is 18.2 Å². The molecule has 1 N–H and O–H groups in total. The van der Waals surface area contributed by atoms with E-state index in [2.05, 4.69) is 10.5 Å². The second kappa shape index (κ2) is 11.2. The molecule has 0 aromatic heterocycles. The molecule has 0 bridgehead atoms. The van der Waals surface area contributed by atoms with Crippen molar-refractivity contribution in [1.82, 2.24) is 5.43 Å². The van der Waals surface area contributed by atoms with Gasteiger partial charge in [0, 0.05) is 17.5 Å². The van der Waals surface area contributed by atoms with Crippen LogP contribution in [0.3, 0.4) is 0 Å². The molecule has 0 spiro atoms. The molecule has 0 heterocycles. The average Bonchev–Trinajstić information content (AvgIpc) is 2.63. The number of rotatable bonds is 10. The van der Waals surface area contributed by atoms with E-state index < -0.39 is 0 Å². The molecule has 2 aromatic rings. The number of hydrogen-bond donors (Lipinski definition) is 1. The third-order valence-electron chi connectivity index (χ3n) is 3.40. The van der Waals surface area contributed by atoms with Crippen LogP contribution < -0.4 is 14.9 Å². The fraction of sp³-hybridized carbons (Fsp3) is 0.300. The highest BCUT2D eigenvalue weighted by Gasteiger charge is 2.03. The van der Waals surface area contributed by atoms with Crippen LogP contribution in [0.15, 0.2) is 47.6 Å². The maximum atomic E-state index is 10.9. The van der Waals surface area contributed by atoms with E-state index >= 15 is 0 Å². The summed E-state index contributed by atoms with van der Waals surface area (Å²) in [6.07, 6.45) is 1.49. The van der Waals surface area contributed by atoms with Gasteiger partial charge in [0.2, 0.25) is 5.91 Å². The van der Waals surface area contributed by atoms with Crippen molar-refractivity contribution >= 4 is 23.7 Å². The molecule has 0 fully saturated rings. The standard InChI is InChI=1S/C20H23ClN2O4/c1-15-3-6-19(7-4-15)26-11-9-25-10-12-27-20-8-5-18(21)13-17(20)14-22-23-16(2)24/h3-8,13-14H,9-12H2,1-2H3,(H,23,24). The second-order valence-corrected chi connectivity index (χ2v) is 6.17. The fourth-order valence-electron chi connectivity index (χ4n) is 2.11. The summed E-state index contributed by atoms with van der Waals surface area (Å²) in [6.45, 7) is 5.14. The fourth-order valence-corrected chi connectivity index (χ4v) is 2.29.